The minimum absolute atomic E-state index is 0.135. The standard InChI is InChI=1S/C14H20ClN5O2/c1-3-4-7-20-12(15)11(9(2)19-20)8-16-18-14(22)13(21)17-10-5-6-10/h8,10H,3-7H2,1-2H3,(H,17,21)(H,18,22)/b16-8-. The second-order valence-electron chi connectivity index (χ2n) is 5.31. The maximum Gasteiger partial charge on any atom is 0.329 e. The molecule has 1 aromatic rings. The first kappa shape index (κ1) is 16.5. The molecule has 1 saturated carbocycles. The van der Waals surface area contributed by atoms with Crippen molar-refractivity contribution in [1.29, 1.82) is 0 Å². The fourth-order valence-electron chi connectivity index (χ4n) is 1.85. The number of carbonyl (C=O) groups is 2. The lowest BCUT2D eigenvalue weighted by atomic mass is 10.3. The summed E-state index contributed by atoms with van der Waals surface area (Å²) in [4.78, 5) is 23.0. The van der Waals surface area contributed by atoms with Gasteiger partial charge in [0.1, 0.15) is 5.15 Å². The van der Waals surface area contributed by atoms with Gasteiger partial charge in [0.2, 0.25) is 0 Å². The molecule has 120 valence electrons. The third kappa shape index (κ3) is 4.30. The number of amides is 2. The van der Waals surface area contributed by atoms with Crippen molar-refractivity contribution in [2.45, 2.75) is 52.1 Å². The van der Waals surface area contributed by atoms with Crippen LogP contribution in [0.5, 0.6) is 0 Å². The molecule has 8 heteroatoms. The van der Waals surface area contributed by atoms with Gasteiger partial charge in [-0.3, -0.25) is 14.3 Å². The Bertz CT molecular complexity index is 592. The topological polar surface area (TPSA) is 88.4 Å². The number of aryl methyl sites for hydroxylation is 2. The second kappa shape index (κ2) is 7.40. The Hall–Kier alpha value is -1.89. The Balaban J connectivity index is 1.93. The van der Waals surface area contributed by atoms with Crippen molar-refractivity contribution < 1.29 is 9.59 Å². The van der Waals surface area contributed by atoms with Crippen molar-refractivity contribution in [2.75, 3.05) is 0 Å². The molecule has 1 aliphatic carbocycles. The number of halogens is 1. The van der Waals surface area contributed by atoms with E-state index in [1.165, 1.54) is 6.21 Å². The monoisotopic (exact) mass is 325 g/mol. The van der Waals surface area contributed by atoms with Gasteiger partial charge in [-0.25, -0.2) is 5.43 Å². The molecule has 0 bridgehead atoms. The predicted molar refractivity (Wildman–Crippen MR) is 83.8 cm³/mol. The number of hydrogen-bond acceptors (Lipinski definition) is 4. The van der Waals surface area contributed by atoms with Crippen LogP contribution in [0.3, 0.4) is 0 Å². The molecule has 2 N–H and O–H groups in total. The van der Waals surface area contributed by atoms with Crippen LogP contribution in [0.4, 0.5) is 0 Å². The molecule has 1 aliphatic rings. The van der Waals surface area contributed by atoms with Crippen molar-refractivity contribution in [3.63, 3.8) is 0 Å². The molecule has 1 heterocycles. The number of unbranched alkanes of at least 4 members (excludes halogenated alkanes) is 1. The Morgan fingerprint density at radius 1 is 1.45 bits per heavy atom. The quantitative estimate of drug-likeness (QED) is 0.470. The summed E-state index contributed by atoms with van der Waals surface area (Å²) in [6.45, 7) is 4.65. The molecule has 0 radical (unpaired) electrons. The molecular weight excluding hydrogens is 306 g/mol. The Morgan fingerprint density at radius 3 is 2.82 bits per heavy atom. The highest BCUT2D eigenvalue weighted by molar-refractivity contribution is 6.35. The van der Waals surface area contributed by atoms with Gasteiger partial charge >= 0.3 is 11.8 Å². The maximum absolute atomic E-state index is 11.5. The lowest BCUT2D eigenvalue weighted by Gasteiger charge is -2.01. The lowest BCUT2D eigenvalue weighted by Crippen LogP contribution is -2.38. The Kier molecular flexibility index (Phi) is 5.54. The van der Waals surface area contributed by atoms with Crippen LogP contribution in [0.15, 0.2) is 5.10 Å². The van der Waals surface area contributed by atoms with Crippen LogP contribution in [-0.4, -0.2) is 33.9 Å². The third-order valence-electron chi connectivity index (χ3n) is 3.31. The Morgan fingerprint density at radius 2 is 2.18 bits per heavy atom. The summed E-state index contributed by atoms with van der Waals surface area (Å²) in [7, 11) is 0. The van der Waals surface area contributed by atoms with Crippen LogP contribution in [0, 0.1) is 6.92 Å². The number of nitrogens with one attached hydrogen (secondary N) is 2. The van der Waals surface area contributed by atoms with E-state index in [2.05, 4.69) is 27.9 Å². The molecule has 0 saturated heterocycles. The van der Waals surface area contributed by atoms with Gasteiger partial charge in [-0.05, 0) is 26.2 Å². The van der Waals surface area contributed by atoms with Gasteiger partial charge in [0.05, 0.1) is 17.5 Å². The van der Waals surface area contributed by atoms with Crippen LogP contribution in [0.2, 0.25) is 5.15 Å². The summed E-state index contributed by atoms with van der Waals surface area (Å²) in [6, 6.07) is 0.135. The first-order valence-electron chi connectivity index (χ1n) is 7.39. The summed E-state index contributed by atoms with van der Waals surface area (Å²) in [5, 5.41) is 11.2. The SMILES string of the molecule is CCCCn1nc(C)c(/C=N\NC(=O)C(=O)NC2CC2)c1Cl. The minimum atomic E-state index is -0.782. The van der Waals surface area contributed by atoms with E-state index in [9.17, 15) is 9.59 Å². The molecule has 0 aliphatic heterocycles. The number of aromatic nitrogens is 2. The van der Waals surface area contributed by atoms with Crippen LogP contribution in [0.1, 0.15) is 43.9 Å². The number of hydrazone groups is 1. The highest BCUT2D eigenvalue weighted by atomic mass is 35.5. The molecule has 0 spiro atoms. The molecule has 0 unspecified atom stereocenters. The fraction of sp³-hybridized carbons (Fsp3) is 0.571. The summed E-state index contributed by atoms with van der Waals surface area (Å²) < 4.78 is 1.71. The highest BCUT2D eigenvalue weighted by Crippen LogP contribution is 2.19. The maximum atomic E-state index is 11.5. The first-order chi connectivity index (χ1) is 10.5. The van der Waals surface area contributed by atoms with Gasteiger partial charge in [-0.2, -0.15) is 10.2 Å². The van der Waals surface area contributed by atoms with Gasteiger partial charge in [-0.15, -0.1) is 0 Å². The van der Waals surface area contributed by atoms with E-state index in [-0.39, 0.29) is 6.04 Å². The number of hydrogen-bond donors (Lipinski definition) is 2. The molecule has 22 heavy (non-hydrogen) atoms. The van der Waals surface area contributed by atoms with Crippen molar-refractivity contribution in [3.8, 4) is 0 Å². The molecule has 1 fully saturated rings. The molecule has 7 nitrogen and oxygen atoms in total. The molecular formula is C14H20ClN5O2. The Labute approximate surface area is 134 Å². The van der Waals surface area contributed by atoms with E-state index in [0.29, 0.717) is 10.7 Å². The molecule has 0 aromatic carbocycles. The van der Waals surface area contributed by atoms with E-state index >= 15 is 0 Å². The minimum Gasteiger partial charge on any atom is -0.345 e. The van der Waals surface area contributed by atoms with Crippen molar-refractivity contribution in [3.05, 3.63) is 16.4 Å². The normalized spacial score (nSPS) is 14.3. The largest absolute Gasteiger partial charge is 0.345 e. The van der Waals surface area contributed by atoms with Gasteiger partial charge in [-0.1, -0.05) is 24.9 Å². The average Bonchev–Trinajstić information content (AvgIpc) is 3.26. The van der Waals surface area contributed by atoms with E-state index in [1.807, 2.05) is 6.92 Å². The summed E-state index contributed by atoms with van der Waals surface area (Å²) in [5.74, 6) is -1.45. The van der Waals surface area contributed by atoms with Crippen LogP contribution >= 0.6 is 11.6 Å². The number of rotatable bonds is 6. The van der Waals surface area contributed by atoms with Crippen molar-refractivity contribution in [2.24, 2.45) is 5.10 Å². The summed E-state index contributed by atoms with van der Waals surface area (Å²) >= 11 is 6.24. The van der Waals surface area contributed by atoms with Gasteiger partial charge in [0.25, 0.3) is 0 Å². The fourth-order valence-corrected chi connectivity index (χ4v) is 2.16. The van der Waals surface area contributed by atoms with Crippen molar-refractivity contribution >= 4 is 29.6 Å². The lowest BCUT2D eigenvalue weighted by molar-refractivity contribution is -0.139. The van der Waals surface area contributed by atoms with Gasteiger partial charge < -0.3 is 5.32 Å². The zero-order chi connectivity index (χ0) is 16.1. The smallest absolute Gasteiger partial charge is 0.329 e. The average molecular weight is 326 g/mol. The van der Waals surface area contributed by atoms with Gasteiger partial charge in [0.15, 0.2) is 0 Å². The molecule has 2 rings (SSSR count). The summed E-state index contributed by atoms with van der Waals surface area (Å²) in [6.07, 6.45) is 5.29. The molecule has 1 aromatic heterocycles. The van der Waals surface area contributed by atoms with Crippen LogP contribution in [-0.2, 0) is 16.1 Å². The zero-order valence-corrected chi connectivity index (χ0v) is 13.5. The number of carbonyl (C=O) groups excluding carboxylic acids is 2. The highest BCUT2D eigenvalue weighted by Gasteiger charge is 2.26. The van der Waals surface area contributed by atoms with Crippen LogP contribution in [0.25, 0.3) is 0 Å². The van der Waals surface area contributed by atoms with E-state index in [0.717, 1.165) is 37.9 Å². The van der Waals surface area contributed by atoms with Crippen LogP contribution < -0.4 is 10.7 Å². The number of nitrogens with zero attached hydrogens (tertiary/aromatic N) is 3. The third-order valence-corrected chi connectivity index (χ3v) is 3.71. The second-order valence-corrected chi connectivity index (χ2v) is 5.67. The molecule has 2 amide bonds. The molecule has 0 atom stereocenters. The van der Waals surface area contributed by atoms with E-state index < -0.39 is 11.8 Å². The van der Waals surface area contributed by atoms with Gasteiger partial charge in [0, 0.05) is 12.6 Å². The van der Waals surface area contributed by atoms with Crippen molar-refractivity contribution in [1.82, 2.24) is 20.5 Å². The van der Waals surface area contributed by atoms with E-state index in [4.69, 9.17) is 11.6 Å². The zero-order valence-electron chi connectivity index (χ0n) is 12.7. The first-order valence-corrected chi connectivity index (χ1v) is 7.77. The summed E-state index contributed by atoms with van der Waals surface area (Å²) in [5.41, 5.74) is 3.56. The predicted octanol–water partition coefficient (Wildman–Crippen LogP) is 1.37. The van der Waals surface area contributed by atoms with E-state index in [1.54, 1.807) is 4.68 Å².